The molecule has 1 heterocycles. The molecule has 0 spiro atoms. The van der Waals surface area contributed by atoms with Crippen molar-refractivity contribution in [2.45, 2.75) is 39.5 Å². The summed E-state index contributed by atoms with van der Waals surface area (Å²) in [6, 6.07) is 33.5. The number of benzene rings is 3. The lowest BCUT2D eigenvalue weighted by Gasteiger charge is -2.34. The maximum atomic E-state index is 6.44. The van der Waals surface area contributed by atoms with E-state index in [0.29, 0.717) is 12.5 Å². The van der Waals surface area contributed by atoms with E-state index >= 15 is 0 Å². The summed E-state index contributed by atoms with van der Waals surface area (Å²) in [5, 5.41) is 12.1. The average Bonchev–Trinajstić information content (AvgIpc) is 3.55. The monoisotopic (exact) mass is 509 g/mol. The Morgan fingerprint density at radius 1 is 0.750 bits per heavy atom. The Balaban J connectivity index is 1.84. The van der Waals surface area contributed by atoms with Gasteiger partial charge < -0.3 is 10.1 Å². The number of rotatable bonds is 6. The molecule has 0 saturated carbocycles. The van der Waals surface area contributed by atoms with Crippen LogP contribution in [0.4, 0.5) is 0 Å². The molecule has 1 aliphatic carbocycles. The maximum Gasteiger partial charge on any atom is 0.145 e. The summed E-state index contributed by atoms with van der Waals surface area (Å²) >= 11 is 0. The Labute approximate surface area is 218 Å². The van der Waals surface area contributed by atoms with Gasteiger partial charge in [-0.2, -0.15) is 0 Å². The van der Waals surface area contributed by atoms with Crippen molar-refractivity contribution in [3.05, 3.63) is 130 Å². The Bertz CT molecular complexity index is 1210. The Morgan fingerprint density at radius 3 is 1.61 bits per heavy atom. The highest BCUT2D eigenvalue weighted by Gasteiger charge is 2.53. The molecule has 0 bridgehead atoms. The fourth-order valence-electron chi connectivity index (χ4n) is 5.28. The third kappa shape index (κ3) is 4.29. The molecular weight excluding hydrogens is 473 g/mol. The zero-order valence-electron chi connectivity index (χ0n) is 22.0. The highest BCUT2D eigenvalue weighted by Crippen LogP contribution is 2.67. The second-order valence-corrected chi connectivity index (χ2v) is 19.4. The van der Waals surface area contributed by atoms with Crippen molar-refractivity contribution in [3.8, 4) is 0 Å². The van der Waals surface area contributed by atoms with Crippen molar-refractivity contribution in [2.75, 3.05) is 6.61 Å². The van der Waals surface area contributed by atoms with Crippen LogP contribution < -0.4 is 15.9 Å². The predicted octanol–water partition coefficient (Wildman–Crippen LogP) is 7.32. The number of allylic oxidation sites excluding steroid dienone is 5. The molecule has 2 nitrogen and oxygen atoms in total. The minimum atomic E-state index is -2.23. The van der Waals surface area contributed by atoms with Crippen molar-refractivity contribution in [1.82, 2.24) is 0 Å². The molecule has 4 heteroatoms. The molecule has 2 aliphatic rings. The van der Waals surface area contributed by atoms with Gasteiger partial charge in [-0.3, -0.25) is 0 Å². The molecular formula is C32H36NOPSi. The summed E-state index contributed by atoms with van der Waals surface area (Å²) < 4.78 is 6.44. The van der Waals surface area contributed by atoms with Crippen LogP contribution in [0.2, 0.25) is 19.6 Å². The van der Waals surface area contributed by atoms with Crippen LogP contribution in [0, 0.1) is 5.92 Å². The van der Waals surface area contributed by atoms with Gasteiger partial charge in [0.25, 0.3) is 0 Å². The minimum Gasteiger partial charge on any atom is -0.648 e. The first-order valence-electron chi connectivity index (χ1n) is 12.9. The van der Waals surface area contributed by atoms with Gasteiger partial charge in [0, 0.05) is 11.5 Å². The molecule has 0 N–H and O–H groups in total. The molecule has 0 unspecified atom stereocenters. The first-order chi connectivity index (χ1) is 17.3. The van der Waals surface area contributed by atoms with Gasteiger partial charge in [0.1, 0.15) is 28.5 Å². The first-order valence-corrected chi connectivity index (χ1v) is 18.2. The van der Waals surface area contributed by atoms with E-state index in [9.17, 15) is 0 Å². The van der Waals surface area contributed by atoms with Gasteiger partial charge in [-0.15, -0.1) is 0 Å². The zero-order valence-corrected chi connectivity index (χ0v) is 23.9. The normalized spacial score (nSPS) is 20.1. The smallest absolute Gasteiger partial charge is 0.145 e. The molecule has 184 valence electrons. The fraction of sp³-hybridized carbons (Fsp3) is 0.250. The molecule has 5 rings (SSSR count). The summed E-state index contributed by atoms with van der Waals surface area (Å²) in [6.07, 6.45) is 4.79. The van der Waals surface area contributed by atoms with Crippen LogP contribution in [0.5, 0.6) is 0 Å². The molecule has 0 amide bonds. The van der Waals surface area contributed by atoms with E-state index in [1.165, 1.54) is 32.0 Å². The summed E-state index contributed by atoms with van der Waals surface area (Å²) in [5.74, 6) is 1.30. The quantitative estimate of drug-likeness (QED) is 0.252. The van der Waals surface area contributed by atoms with Gasteiger partial charge in [0.15, 0.2) is 0 Å². The molecule has 3 aromatic carbocycles. The maximum absolute atomic E-state index is 6.44. The molecule has 3 aromatic rings. The molecule has 1 aliphatic heterocycles. The Morgan fingerprint density at radius 2 is 1.22 bits per heavy atom. The van der Waals surface area contributed by atoms with Gasteiger partial charge in [-0.05, 0) is 47.7 Å². The Kier molecular flexibility index (Phi) is 6.81. The van der Waals surface area contributed by atoms with Crippen LogP contribution in [-0.2, 0) is 4.74 Å². The van der Waals surface area contributed by atoms with E-state index in [0.717, 1.165) is 5.88 Å². The van der Waals surface area contributed by atoms with E-state index in [1.54, 1.807) is 0 Å². The summed E-state index contributed by atoms with van der Waals surface area (Å²) in [5.41, 5.74) is 1.25. The van der Waals surface area contributed by atoms with Gasteiger partial charge in [0.05, 0.1) is 14.7 Å². The molecule has 0 aromatic heterocycles. The lowest BCUT2D eigenvalue weighted by atomic mass is 10.1. The van der Waals surface area contributed by atoms with E-state index < -0.39 is 15.3 Å². The molecule has 36 heavy (non-hydrogen) atoms. The average molecular weight is 510 g/mol. The van der Waals surface area contributed by atoms with E-state index in [2.05, 4.69) is 137 Å². The van der Waals surface area contributed by atoms with Crippen LogP contribution in [0.3, 0.4) is 0 Å². The number of hydrogen-bond acceptors (Lipinski definition) is 1. The first kappa shape index (κ1) is 24.8. The SMILES string of the molecule is CC(C)[C@H]1CO/C(=C2/C([Si](C)(C)C)=CC=C2[P+](c2ccccc2)(c2ccccc2)c2ccccc2)[N-]1. The molecule has 1 atom stereocenters. The number of hydrogen-bond donors (Lipinski definition) is 0. The molecule has 0 radical (unpaired) electrons. The lowest BCUT2D eigenvalue weighted by molar-refractivity contribution is 0.243. The highest BCUT2D eigenvalue weighted by molar-refractivity contribution is 7.99. The van der Waals surface area contributed by atoms with Crippen LogP contribution >= 0.6 is 7.26 Å². The van der Waals surface area contributed by atoms with Crippen LogP contribution in [0.25, 0.3) is 5.32 Å². The van der Waals surface area contributed by atoms with Crippen molar-refractivity contribution in [2.24, 2.45) is 5.92 Å². The standard InChI is InChI=1S/C32H36NOPSi/c1-24(2)28-23-34-32(33-28)31-29(21-22-30(31)36(3,4)5)35(25-15-9-6-10-16-25,26-17-11-7-12-18-26)27-19-13-8-14-20-27/h6-22,24,28H,23H2,1-5H3/b32-31+/t28-/m1/s1. The number of ether oxygens (including phenoxy) is 1. The third-order valence-corrected chi connectivity index (χ3v) is 13.5. The topological polar surface area (TPSA) is 23.3 Å². The van der Waals surface area contributed by atoms with Crippen molar-refractivity contribution in [1.29, 1.82) is 0 Å². The van der Waals surface area contributed by atoms with Crippen molar-refractivity contribution in [3.63, 3.8) is 0 Å². The number of nitrogens with zero attached hydrogens (tertiary/aromatic N) is 1. The zero-order chi connectivity index (χ0) is 25.3. The van der Waals surface area contributed by atoms with Gasteiger partial charge in [-0.25, -0.2) is 0 Å². The lowest BCUT2D eigenvalue weighted by Crippen LogP contribution is -2.34. The minimum absolute atomic E-state index is 0.204. The molecule has 1 saturated heterocycles. The second kappa shape index (κ2) is 9.88. The predicted molar refractivity (Wildman–Crippen MR) is 160 cm³/mol. The fourth-order valence-corrected chi connectivity index (χ4v) is 11.4. The van der Waals surface area contributed by atoms with Crippen molar-refractivity contribution < 1.29 is 4.74 Å². The van der Waals surface area contributed by atoms with Gasteiger partial charge in [-0.1, -0.05) is 106 Å². The summed E-state index contributed by atoms with van der Waals surface area (Å²) in [7, 11) is -3.92. The van der Waals surface area contributed by atoms with E-state index in [-0.39, 0.29) is 6.04 Å². The van der Waals surface area contributed by atoms with Crippen LogP contribution in [0.1, 0.15) is 13.8 Å². The second-order valence-electron chi connectivity index (χ2n) is 11.0. The Hall–Kier alpha value is -2.87. The van der Waals surface area contributed by atoms with Gasteiger partial charge >= 0.3 is 0 Å². The van der Waals surface area contributed by atoms with Crippen LogP contribution in [-0.4, -0.2) is 20.7 Å². The van der Waals surface area contributed by atoms with Crippen molar-refractivity contribution >= 4 is 31.2 Å². The van der Waals surface area contributed by atoms with Gasteiger partial charge in [0.2, 0.25) is 0 Å². The third-order valence-electron chi connectivity index (χ3n) is 7.19. The van der Waals surface area contributed by atoms with Crippen LogP contribution in [0.15, 0.2) is 125 Å². The van der Waals surface area contributed by atoms with E-state index in [1.807, 2.05) is 0 Å². The summed E-state index contributed by atoms with van der Waals surface area (Å²) in [4.78, 5) is 0. The summed E-state index contributed by atoms with van der Waals surface area (Å²) in [6.45, 7) is 12.4. The van der Waals surface area contributed by atoms with E-state index in [4.69, 9.17) is 10.1 Å². The largest absolute Gasteiger partial charge is 0.648 e. The highest BCUT2D eigenvalue weighted by atomic mass is 31.2. The molecule has 1 fully saturated rings.